The lowest BCUT2D eigenvalue weighted by molar-refractivity contribution is 0.102. The average molecular weight is 402 g/mol. The van der Waals surface area contributed by atoms with Gasteiger partial charge in [0.1, 0.15) is 17.7 Å². The molecule has 0 spiro atoms. The number of nitrogens with zero attached hydrogens (tertiary/aromatic N) is 3. The minimum Gasteiger partial charge on any atom is -0.489 e. The molecule has 0 bridgehead atoms. The van der Waals surface area contributed by atoms with Crippen molar-refractivity contribution in [2.75, 3.05) is 5.32 Å². The summed E-state index contributed by atoms with van der Waals surface area (Å²) >= 11 is 0. The molecule has 2 aliphatic rings. The fourth-order valence-corrected chi connectivity index (χ4v) is 4.36. The molecule has 6 nitrogen and oxygen atoms in total. The average Bonchev–Trinajstić information content (AvgIpc) is 3.19. The molecule has 0 radical (unpaired) electrons. The molecule has 1 aromatic heterocycles. The quantitative estimate of drug-likeness (QED) is 0.683. The molecule has 1 N–H and O–H groups in total. The van der Waals surface area contributed by atoms with E-state index in [0.717, 1.165) is 47.8 Å². The SMILES string of the molecule is C[C@@H]1Oc2c(C(=O)Nc3ccc(-c4nnc5n4CCCCC5)cc3)cccc2[C@H]1C. The molecule has 2 atom stereocenters. The second-order valence-electron chi connectivity index (χ2n) is 8.27. The van der Waals surface area contributed by atoms with E-state index in [1.165, 1.54) is 12.8 Å². The van der Waals surface area contributed by atoms with Gasteiger partial charge in [0.2, 0.25) is 0 Å². The Hall–Kier alpha value is -3.15. The van der Waals surface area contributed by atoms with Gasteiger partial charge in [-0.1, -0.05) is 25.5 Å². The molecule has 2 aliphatic heterocycles. The number of ether oxygens (including phenoxy) is 1. The zero-order chi connectivity index (χ0) is 20.7. The van der Waals surface area contributed by atoms with Crippen LogP contribution in [0.4, 0.5) is 5.69 Å². The summed E-state index contributed by atoms with van der Waals surface area (Å²) in [6, 6.07) is 13.6. The first-order valence-electron chi connectivity index (χ1n) is 10.8. The lowest BCUT2D eigenvalue weighted by Crippen LogP contribution is -2.14. The van der Waals surface area contributed by atoms with Crippen molar-refractivity contribution in [3.63, 3.8) is 0 Å². The van der Waals surface area contributed by atoms with Crippen molar-refractivity contribution in [2.24, 2.45) is 0 Å². The van der Waals surface area contributed by atoms with E-state index in [9.17, 15) is 4.79 Å². The van der Waals surface area contributed by atoms with Crippen LogP contribution in [-0.2, 0) is 13.0 Å². The standard InChI is InChI=1S/C24H26N4O2/c1-15-16(2)30-22-19(15)7-6-8-20(22)24(29)25-18-12-10-17(11-13-18)23-27-26-21-9-4-3-5-14-28(21)23/h6-8,10-13,15-16H,3-5,9,14H2,1-2H3,(H,25,29)/t15-,16-/m0/s1. The van der Waals surface area contributed by atoms with Gasteiger partial charge in [0, 0.05) is 35.7 Å². The van der Waals surface area contributed by atoms with E-state index < -0.39 is 0 Å². The minimum atomic E-state index is -0.155. The molecular weight excluding hydrogens is 376 g/mol. The second-order valence-corrected chi connectivity index (χ2v) is 8.27. The highest BCUT2D eigenvalue weighted by Gasteiger charge is 2.31. The normalized spacial score (nSPS) is 20.1. The van der Waals surface area contributed by atoms with Crippen LogP contribution < -0.4 is 10.1 Å². The highest BCUT2D eigenvalue weighted by Crippen LogP contribution is 2.40. The first-order valence-corrected chi connectivity index (χ1v) is 10.8. The number of hydrogen-bond donors (Lipinski definition) is 1. The second kappa shape index (κ2) is 7.59. The summed E-state index contributed by atoms with van der Waals surface area (Å²) in [4.78, 5) is 12.9. The number of rotatable bonds is 3. The molecule has 6 heteroatoms. The van der Waals surface area contributed by atoms with Crippen LogP contribution in [0, 0.1) is 0 Å². The van der Waals surface area contributed by atoms with Crippen molar-refractivity contribution in [1.82, 2.24) is 14.8 Å². The van der Waals surface area contributed by atoms with Gasteiger partial charge in [-0.15, -0.1) is 10.2 Å². The number of benzene rings is 2. The zero-order valence-corrected chi connectivity index (χ0v) is 17.4. The fourth-order valence-electron chi connectivity index (χ4n) is 4.36. The molecule has 0 aliphatic carbocycles. The fraction of sp³-hybridized carbons (Fsp3) is 0.375. The van der Waals surface area contributed by atoms with Crippen LogP contribution in [0.25, 0.3) is 11.4 Å². The number of hydrogen-bond acceptors (Lipinski definition) is 4. The van der Waals surface area contributed by atoms with E-state index in [4.69, 9.17) is 4.74 Å². The first-order chi connectivity index (χ1) is 14.6. The highest BCUT2D eigenvalue weighted by atomic mass is 16.5. The number of nitrogens with one attached hydrogen (secondary N) is 1. The van der Waals surface area contributed by atoms with E-state index in [0.29, 0.717) is 11.3 Å². The summed E-state index contributed by atoms with van der Waals surface area (Å²) in [6.45, 7) is 5.13. The summed E-state index contributed by atoms with van der Waals surface area (Å²) in [6.07, 6.45) is 4.63. The molecule has 3 aromatic rings. The number of carbonyl (C=O) groups excluding carboxylic acids is 1. The Labute approximate surface area is 176 Å². The Morgan fingerprint density at radius 3 is 2.73 bits per heavy atom. The van der Waals surface area contributed by atoms with Crippen LogP contribution in [0.5, 0.6) is 5.75 Å². The number of anilines is 1. The molecule has 30 heavy (non-hydrogen) atoms. The number of aromatic nitrogens is 3. The van der Waals surface area contributed by atoms with Crippen LogP contribution in [-0.4, -0.2) is 26.8 Å². The number of carbonyl (C=O) groups is 1. The van der Waals surface area contributed by atoms with E-state index in [2.05, 4.69) is 27.0 Å². The van der Waals surface area contributed by atoms with Crippen molar-refractivity contribution in [1.29, 1.82) is 0 Å². The molecule has 5 rings (SSSR count). The lowest BCUT2D eigenvalue weighted by Gasteiger charge is -2.11. The van der Waals surface area contributed by atoms with Crippen molar-refractivity contribution in [2.45, 2.75) is 58.1 Å². The van der Waals surface area contributed by atoms with Crippen molar-refractivity contribution >= 4 is 11.6 Å². The van der Waals surface area contributed by atoms with Gasteiger partial charge in [0.05, 0.1) is 5.56 Å². The number of aryl methyl sites for hydroxylation is 1. The largest absolute Gasteiger partial charge is 0.489 e. The maximum absolute atomic E-state index is 12.9. The number of amides is 1. The van der Waals surface area contributed by atoms with Crippen LogP contribution in [0.2, 0.25) is 0 Å². The van der Waals surface area contributed by atoms with Gasteiger partial charge in [0.15, 0.2) is 5.82 Å². The third-order valence-corrected chi connectivity index (χ3v) is 6.30. The van der Waals surface area contributed by atoms with Crippen molar-refractivity contribution < 1.29 is 9.53 Å². The van der Waals surface area contributed by atoms with E-state index in [1.807, 2.05) is 49.4 Å². The van der Waals surface area contributed by atoms with Gasteiger partial charge >= 0.3 is 0 Å². The molecule has 154 valence electrons. The Balaban J connectivity index is 1.36. The van der Waals surface area contributed by atoms with E-state index in [-0.39, 0.29) is 17.9 Å². The maximum Gasteiger partial charge on any atom is 0.259 e. The molecule has 0 saturated carbocycles. The Bertz CT molecular complexity index is 1090. The van der Waals surface area contributed by atoms with Gasteiger partial charge in [-0.3, -0.25) is 4.79 Å². The molecule has 0 unspecified atom stereocenters. The van der Waals surface area contributed by atoms with Crippen LogP contribution in [0.1, 0.15) is 60.8 Å². The van der Waals surface area contributed by atoms with Crippen LogP contribution in [0.3, 0.4) is 0 Å². The van der Waals surface area contributed by atoms with Gasteiger partial charge in [0.25, 0.3) is 5.91 Å². The lowest BCUT2D eigenvalue weighted by atomic mass is 9.97. The summed E-state index contributed by atoms with van der Waals surface area (Å²) in [5.74, 6) is 2.81. The zero-order valence-electron chi connectivity index (χ0n) is 17.4. The first kappa shape index (κ1) is 18.9. The Morgan fingerprint density at radius 1 is 1.07 bits per heavy atom. The van der Waals surface area contributed by atoms with E-state index in [1.54, 1.807) is 0 Å². The minimum absolute atomic E-state index is 0.0755. The molecule has 1 amide bonds. The van der Waals surface area contributed by atoms with Crippen molar-refractivity contribution in [3.8, 4) is 17.1 Å². The van der Waals surface area contributed by atoms with Gasteiger partial charge in [-0.2, -0.15) is 0 Å². The van der Waals surface area contributed by atoms with Crippen LogP contribution >= 0.6 is 0 Å². The third-order valence-electron chi connectivity index (χ3n) is 6.30. The highest BCUT2D eigenvalue weighted by molar-refractivity contribution is 6.06. The monoisotopic (exact) mass is 402 g/mol. The summed E-state index contributed by atoms with van der Waals surface area (Å²) in [5, 5.41) is 11.8. The molecular formula is C24H26N4O2. The van der Waals surface area contributed by atoms with E-state index >= 15 is 0 Å². The maximum atomic E-state index is 12.9. The summed E-state index contributed by atoms with van der Waals surface area (Å²) in [7, 11) is 0. The van der Waals surface area contributed by atoms with Crippen molar-refractivity contribution in [3.05, 3.63) is 59.4 Å². The van der Waals surface area contributed by atoms with Gasteiger partial charge < -0.3 is 14.6 Å². The molecule has 2 aromatic carbocycles. The molecule has 0 saturated heterocycles. The molecule has 3 heterocycles. The predicted molar refractivity (Wildman–Crippen MR) is 116 cm³/mol. The van der Waals surface area contributed by atoms with Crippen LogP contribution in [0.15, 0.2) is 42.5 Å². The Kier molecular flexibility index (Phi) is 4.77. The van der Waals surface area contributed by atoms with Gasteiger partial charge in [-0.25, -0.2) is 0 Å². The smallest absolute Gasteiger partial charge is 0.259 e. The summed E-state index contributed by atoms with van der Waals surface area (Å²) < 4.78 is 8.19. The summed E-state index contributed by atoms with van der Waals surface area (Å²) in [5.41, 5.74) is 3.44. The van der Waals surface area contributed by atoms with Gasteiger partial charge in [-0.05, 0) is 50.1 Å². The third kappa shape index (κ3) is 3.26. The topological polar surface area (TPSA) is 69.0 Å². The number of para-hydroxylation sites is 1. The predicted octanol–water partition coefficient (Wildman–Crippen LogP) is 4.81. The number of fused-ring (bicyclic) bond motifs is 2. The Morgan fingerprint density at radius 2 is 1.90 bits per heavy atom. The molecule has 0 fully saturated rings.